The zero-order valence-electron chi connectivity index (χ0n) is 21.8. The Kier molecular flexibility index (Phi) is 7.27. The molecule has 5 heteroatoms. The first kappa shape index (κ1) is 25.3. The van der Waals surface area contributed by atoms with Gasteiger partial charge in [-0.15, -0.1) is 0 Å². The monoisotopic (exact) mass is 505 g/mol. The number of hydrogen-bond donors (Lipinski definition) is 1. The summed E-state index contributed by atoms with van der Waals surface area (Å²) in [4.78, 5) is 25.8. The van der Waals surface area contributed by atoms with E-state index in [2.05, 4.69) is 29.6 Å². The molecular weight excluding hydrogens is 474 g/mol. The molecule has 4 aromatic carbocycles. The van der Waals surface area contributed by atoms with Gasteiger partial charge in [-0.2, -0.15) is 0 Å². The van der Waals surface area contributed by atoms with Gasteiger partial charge in [0.1, 0.15) is 12.6 Å². The lowest BCUT2D eigenvalue weighted by molar-refractivity contribution is -0.149. The van der Waals surface area contributed by atoms with Crippen LogP contribution in [0.4, 0.5) is 4.79 Å². The van der Waals surface area contributed by atoms with Gasteiger partial charge in [0.05, 0.1) is 0 Å². The summed E-state index contributed by atoms with van der Waals surface area (Å²) in [7, 11) is 0. The minimum absolute atomic E-state index is 0.0529. The summed E-state index contributed by atoms with van der Waals surface area (Å²) < 4.78 is 11.5. The van der Waals surface area contributed by atoms with Crippen molar-refractivity contribution in [2.75, 3.05) is 6.61 Å². The molecule has 1 N–H and O–H groups in total. The lowest BCUT2D eigenvalue weighted by Crippen LogP contribution is -2.40. The first-order valence-electron chi connectivity index (χ1n) is 12.9. The highest BCUT2D eigenvalue weighted by Crippen LogP contribution is 2.44. The van der Waals surface area contributed by atoms with Gasteiger partial charge in [0.25, 0.3) is 0 Å². The van der Waals surface area contributed by atoms with Crippen LogP contribution in [0.3, 0.4) is 0 Å². The molecule has 0 spiro atoms. The van der Waals surface area contributed by atoms with Crippen LogP contribution in [-0.2, 0) is 14.3 Å². The number of aryl methyl sites for hydroxylation is 2. The van der Waals surface area contributed by atoms with Crippen LogP contribution < -0.4 is 5.32 Å². The van der Waals surface area contributed by atoms with Crippen LogP contribution >= 0.6 is 0 Å². The highest BCUT2D eigenvalue weighted by atomic mass is 16.6. The Morgan fingerprint density at radius 2 is 1.21 bits per heavy atom. The van der Waals surface area contributed by atoms with Crippen molar-refractivity contribution in [3.63, 3.8) is 0 Å². The topological polar surface area (TPSA) is 64.6 Å². The highest BCUT2D eigenvalue weighted by Gasteiger charge is 2.30. The summed E-state index contributed by atoms with van der Waals surface area (Å²) in [6.07, 6.45) is -1.24. The number of hydrogen-bond acceptors (Lipinski definition) is 4. The number of carbonyl (C=O) groups is 2. The fourth-order valence-electron chi connectivity index (χ4n) is 4.91. The van der Waals surface area contributed by atoms with E-state index >= 15 is 0 Å². The summed E-state index contributed by atoms with van der Waals surface area (Å²) in [5.41, 5.74) is 8.55. The lowest BCUT2D eigenvalue weighted by Gasteiger charge is -2.22. The fraction of sp³-hybridized carbons (Fsp3) is 0.212. The molecule has 1 atom stereocenters. The predicted octanol–water partition coefficient (Wildman–Crippen LogP) is 6.86. The Hall–Kier alpha value is -4.38. The van der Waals surface area contributed by atoms with E-state index in [9.17, 15) is 9.59 Å². The van der Waals surface area contributed by atoms with Gasteiger partial charge < -0.3 is 14.8 Å². The Labute approximate surface area is 223 Å². The SMILES string of the molecule is Cc1ccc(C(OC(=O)[C@H](C)NC(=O)OCC2c3ccccc3-c3ccccc32)c2ccc(C)cc2)cc1. The molecule has 0 aromatic heterocycles. The Balaban J connectivity index is 1.24. The molecule has 0 unspecified atom stereocenters. The number of alkyl carbamates (subject to hydrolysis) is 1. The van der Waals surface area contributed by atoms with Crippen molar-refractivity contribution in [1.82, 2.24) is 5.32 Å². The molecule has 1 aliphatic carbocycles. The van der Waals surface area contributed by atoms with Gasteiger partial charge in [-0.25, -0.2) is 9.59 Å². The van der Waals surface area contributed by atoms with E-state index in [1.807, 2.05) is 86.6 Å². The zero-order valence-corrected chi connectivity index (χ0v) is 21.8. The number of rotatable bonds is 7. The van der Waals surface area contributed by atoms with Crippen molar-refractivity contribution < 1.29 is 19.1 Å². The van der Waals surface area contributed by atoms with Crippen LogP contribution in [-0.4, -0.2) is 24.7 Å². The van der Waals surface area contributed by atoms with Crippen molar-refractivity contribution in [3.05, 3.63) is 130 Å². The van der Waals surface area contributed by atoms with Crippen LogP contribution in [0.1, 0.15) is 52.3 Å². The molecule has 192 valence electrons. The molecule has 0 heterocycles. The van der Waals surface area contributed by atoms with E-state index in [0.29, 0.717) is 0 Å². The van der Waals surface area contributed by atoms with Crippen LogP contribution in [0, 0.1) is 13.8 Å². The standard InChI is InChI=1S/C33H31NO4/c1-21-12-16-24(17-13-21)31(25-18-14-22(2)15-19-25)38-32(35)23(3)34-33(36)37-20-30-28-10-6-4-8-26(28)27-9-5-7-11-29(27)30/h4-19,23,30-31H,20H2,1-3H3,(H,34,36)/t23-/m0/s1. The molecule has 0 saturated heterocycles. The second-order valence-electron chi connectivity index (χ2n) is 9.83. The molecule has 0 saturated carbocycles. The van der Waals surface area contributed by atoms with Gasteiger partial charge in [0.15, 0.2) is 6.10 Å². The molecule has 5 nitrogen and oxygen atoms in total. The third-order valence-electron chi connectivity index (χ3n) is 7.03. The number of ether oxygens (including phenoxy) is 2. The fourth-order valence-corrected chi connectivity index (χ4v) is 4.91. The minimum atomic E-state index is -0.885. The number of nitrogens with one attached hydrogen (secondary N) is 1. The summed E-state index contributed by atoms with van der Waals surface area (Å²) in [5, 5.41) is 2.64. The second kappa shape index (κ2) is 10.9. The van der Waals surface area contributed by atoms with Crippen LogP contribution in [0.2, 0.25) is 0 Å². The second-order valence-corrected chi connectivity index (χ2v) is 9.83. The van der Waals surface area contributed by atoms with Crippen molar-refractivity contribution in [2.45, 2.75) is 38.8 Å². The minimum Gasteiger partial charge on any atom is -0.451 e. The van der Waals surface area contributed by atoms with Crippen molar-refractivity contribution in [1.29, 1.82) is 0 Å². The highest BCUT2D eigenvalue weighted by molar-refractivity contribution is 5.82. The summed E-state index contributed by atoms with van der Waals surface area (Å²) in [5.74, 6) is -0.590. The van der Waals surface area contributed by atoms with Crippen LogP contribution in [0.15, 0.2) is 97.1 Å². The Bertz CT molecular complexity index is 1350. The lowest BCUT2D eigenvalue weighted by atomic mass is 9.98. The smallest absolute Gasteiger partial charge is 0.407 e. The molecule has 4 aromatic rings. The number of carbonyl (C=O) groups excluding carboxylic acids is 2. The first-order chi connectivity index (χ1) is 18.4. The molecule has 0 bridgehead atoms. The predicted molar refractivity (Wildman–Crippen MR) is 148 cm³/mol. The van der Waals surface area contributed by atoms with Crippen molar-refractivity contribution in [3.8, 4) is 11.1 Å². The van der Waals surface area contributed by atoms with Gasteiger partial charge in [0.2, 0.25) is 0 Å². The van der Waals surface area contributed by atoms with Crippen LogP contribution in [0.5, 0.6) is 0 Å². The molecule has 1 aliphatic rings. The maximum atomic E-state index is 13.1. The summed E-state index contributed by atoms with van der Waals surface area (Å²) in [6.45, 7) is 5.80. The molecule has 5 rings (SSSR count). The maximum absolute atomic E-state index is 13.1. The van der Waals surface area contributed by atoms with Crippen molar-refractivity contribution >= 4 is 12.1 Å². The van der Waals surface area contributed by atoms with Gasteiger partial charge in [-0.3, -0.25) is 0 Å². The van der Waals surface area contributed by atoms with Gasteiger partial charge in [-0.1, -0.05) is 108 Å². The van der Waals surface area contributed by atoms with Gasteiger partial charge in [-0.05, 0) is 54.2 Å². The quantitative estimate of drug-likeness (QED) is 0.279. The third-order valence-corrected chi connectivity index (χ3v) is 7.03. The summed E-state index contributed by atoms with van der Waals surface area (Å²) >= 11 is 0. The Morgan fingerprint density at radius 1 is 0.737 bits per heavy atom. The van der Waals surface area contributed by atoms with Crippen LogP contribution in [0.25, 0.3) is 11.1 Å². The maximum Gasteiger partial charge on any atom is 0.407 e. The van der Waals surface area contributed by atoms with E-state index in [1.165, 1.54) is 0 Å². The molecular formula is C33H31NO4. The summed E-state index contributed by atoms with van der Waals surface area (Å²) in [6, 6.07) is 31.2. The normalized spacial score (nSPS) is 12.9. The largest absolute Gasteiger partial charge is 0.451 e. The van der Waals surface area contributed by atoms with E-state index in [1.54, 1.807) is 6.92 Å². The van der Waals surface area contributed by atoms with E-state index < -0.39 is 24.2 Å². The number of esters is 1. The molecule has 0 aliphatic heterocycles. The molecule has 0 radical (unpaired) electrons. The van der Waals surface area contributed by atoms with Gasteiger partial charge >= 0.3 is 12.1 Å². The average molecular weight is 506 g/mol. The molecule has 0 fully saturated rings. The van der Waals surface area contributed by atoms with E-state index in [-0.39, 0.29) is 12.5 Å². The number of amides is 1. The first-order valence-corrected chi connectivity index (χ1v) is 12.9. The average Bonchev–Trinajstić information content (AvgIpc) is 3.25. The Morgan fingerprint density at radius 3 is 1.71 bits per heavy atom. The van der Waals surface area contributed by atoms with E-state index in [4.69, 9.17) is 9.47 Å². The molecule has 1 amide bonds. The third kappa shape index (κ3) is 5.32. The van der Waals surface area contributed by atoms with Crippen molar-refractivity contribution in [2.24, 2.45) is 0 Å². The van der Waals surface area contributed by atoms with Gasteiger partial charge in [0, 0.05) is 5.92 Å². The van der Waals surface area contributed by atoms with E-state index in [0.717, 1.165) is 44.5 Å². The zero-order chi connectivity index (χ0) is 26.6. The molecule has 38 heavy (non-hydrogen) atoms. The number of benzene rings is 4. The number of fused-ring (bicyclic) bond motifs is 3.